The van der Waals surface area contributed by atoms with Crippen molar-refractivity contribution in [1.29, 1.82) is 0 Å². The van der Waals surface area contributed by atoms with E-state index in [0.29, 0.717) is 5.56 Å². The van der Waals surface area contributed by atoms with Crippen molar-refractivity contribution in [3.8, 4) is 11.1 Å². The summed E-state index contributed by atoms with van der Waals surface area (Å²) in [6, 6.07) is 14.8. The SMILES string of the molecule is CCCN(C)C(=O)C1CCC(c2cccc(-c3ccccc3F)c2)N1. The van der Waals surface area contributed by atoms with Crippen LogP contribution in [0.1, 0.15) is 37.8 Å². The van der Waals surface area contributed by atoms with Gasteiger partial charge in [-0.1, -0.05) is 43.3 Å². The van der Waals surface area contributed by atoms with Gasteiger partial charge in [-0.15, -0.1) is 0 Å². The first-order valence-corrected chi connectivity index (χ1v) is 8.96. The summed E-state index contributed by atoms with van der Waals surface area (Å²) < 4.78 is 14.0. The number of amides is 1. The molecule has 1 fully saturated rings. The summed E-state index contributed by atoms with van der Waals surface area (Å²) in [7, 11) is 1.86. The molecule has 25 heavy (non-hydrogen) atoms. The van der Waals surface area contributed by atoms with E-state index in [2.05, 4.69) is 12.2 Å². The number of carbonyl (C=O) groups is 1. The lowest BCUT2D eigenvalue weighted by atomic mass is 9.98. The van der Waals surface area contributed by atoms with Crippen LogP contribution < -0.4 is 5.32 Å². The van der Waals surface area contributed by atoms with Crippen molar-refractivity contribution in [1.82, 2.24) is 10.2 Å². The highest BCUT2D eigenvalue weighted by molar-refractivity contribution is 5.82. The van der Waals surface area contributed by atoms with Crippen LogP contribution in [0, 0.1) is 5.82 Å². The largest absolute Gasteiger partial charge is 0.344 e. The van der Waals surface area contributed by atoms with Crippen LogP contribution in [0.15, 0.2) is 48.5 Å². The fourth-order valence-electron chi connectivity index (χ4n) is 3.53. The maximum absolute atomic E-state index is 14.0. The number of carbonyl (C=O) groups excluding carboxylic acids is 1. The molecule has 132 valence electrons. The van der Waals surface area contributed by atoms with Crippen LogP contribution in [0.5, 0.6) is 0 Å². The minimum Gasteiger partial charge on any atom is -0.344 e. The number of benzene rings is 2. The van der Waals surface area contributed by atoms with Crippen LogP contribution in [-0.4, -0.2) is 30.4 Å². The van der Waals surface area contributed by atoms with Crippen molar-refractivity contribution >= 4 is 5.91 Å². The molecule has 0 radical (unpaired) electrons. The maximum Gasteiger partial charge on any atom is 0.239 e. The first-order chi connectivity index (χ1) is 12.1. The van der Waals surface area contributed by atoms with Crippen molar-refractivity contribution in [2.24, 2.45) is 0 Å². The molecule has 3 nitrogen and oxygen atoms in total. The second kappa shape index (κ2) is 7.79. The highest BCUT2D eigenvalue weighted by atomic mass is 19.1. The van der Waals surface area contributed by atoms with Gasteiger partial charge in [-0.2, -0.15) is 0 Å². The van der Waals surface area contributed by atoms with Gasteiger partial charge in [-0.3, -0.25) is 10.1 Å². The molecule has 1 saturated heterocycles. The van der Waals surface area contributed by atoms with Crippen molar-refractivity contribution in [2.75, 3.05) is 13.6 Å². The van der Waals surface area contributed by atoms with E-state index in [1.54, 1.807) is 17.0 Å². The van der Waals surface area contributed by atoms with Crippen LogP contribution in [0.2, 0.25) is 0 Å². The van der Waals surface area contributed by atoms with Crippen molar-refractivity contribution in [3.05, 3.63) is 59.9 Å². The molecule has 2 unspecified atom stereocenters. The molecule has 2 atom stereocenters. The van der Waals surface area contributed by atoms with Crippen molar-refractivity contribution < 1.29 is 9.18 Å². The van der Waals surface area contributed by atoms with E-state index in [1.807, 2.05) is 37.4 Å². The highest BCUT2D eigenvalue weighted by Gasteiger charge is 2.31. The molecule has 2 aromatic rings. The summed E-state index contributed by atoms with van der Waals surface area (Å²) in [5.41, 5.74) is 2.59. The Morgan fingerprint density at radius 3 is 2.76 bits per heavy atom. The fourth-order valence-corrected chi connectivity index (χ4v) is 3.53. The summed E-state index contributed by atoms with van der Waals surface area (Å²) in [6.45, 7) is 2.85. The van der Waals surface area contributed by atoms with Gasteiger partial charge in [0.25, 0.3) is 0 Å². The number of nitrogens with one attached hydrogen (secondary N) is 1. The smallest absolute Gasteiger partial charge is 0.239 e. The Balaban J connectivity index is 1.75. The minimum absolute atomic E-state index is 0.126. The van der Waals surface area contributed by atoms with Crippen LogP contribution in [-0.2, 0) is 4.79 Å². The summed E-state index contributed by atoms with van der Waals surface area (Å²) in [5.74, 6) is -0.0529. The van der Waals surface area contributed by atoms with Gasteiger partial charge in [0.1, 0.15) is 5.82 Å². The monoisotopic (exact) mass is 340 g/mol. The third-order valence-electron chi connectivity index (χ3n) is 4.85. The summed E-state index contributed by atoms with van der Waals surface area (Å²) in [4.78, 5) is 14.3. The first kappa shape index (κ1) is 17.6. The molecule has 1 N–H and O–H groups in total. The van der Waals surface area contributed by atoms with Gasteiger partial charge < -0.3 is 4.90 Å². The van der Waals surface area contributed by atoms with Gasteiger partial charge in [0, 0.05) is 25.2 Å². The van der Waals surface area contributed by atoms with Gasteiger partial charge in [0.05, 0.1) is 6.04 Å². The molecule has 0 bridgehead atoms. The molecule has 3 rings (SSSR count). The van der Waals surface area contributed by atoms with Crippen LogP contribution in [0.25, 0.3) is 11.1 Å². The van der Waals surface area contributed by atoms with E-state index in [0.717, 1.165) is 36.9 Å². The van der Waals surface area contributed by atoms with Crippen LogP contribution in [0.4, 0.5) is 4.39 Å². The van der Waals surface area contributed by atoms with E-state index < -0.39 is 0 Å². The molecule has 4 heteroatoms. The average molecular weight is 340 g/mol. The Morgan fingerprint density at radius 2 is 2.00 bits per heavy atom. The van der Waals surface area contributed by atoms with E-state index in [9.17, 15) is 9.18 Å². The van der Waals surface area contributed by atoms with Crippen molar-refractivity contribution in [3.63, 3.8) is 0 Å². The van der Waals surface area contributed by atoms with Gasteiger partial charge in [-0.25, -0.2) is 4.39 Å². The Labute approximate surface area is 148 Å². The topological polar surface area (TPSA) is 32.3 Å². The lowest BCUT2D eigenvalue weighted by Gasteiger charge is -2.21. The molecule has 2 aromatic carbocycles. The van der Waals surface area contributed by atoms with E-state index >= 15 is 0 Å². The molecule has 0 saturated carbocycles. The Bertz CT molecular complexity index is 746. The predicted molar refractivity (Wildman–Crippen MR) is 98.7 cm³/mol. The lowest BCUT2D eigenvalue weighted by molar-refractivity contribution is -0.131. The summed E-state index contributed by atoms with van der Waals surface area (Å²) in [5, 5.41) is 3.45. The lowest BCUT2D eigenvalue weighted by Crippen LogP contribution is -2.42. The molecule has 0 aromatic heterocycles. The normalized spacial score (nSPS) is 19.8. The van der Waals surface area contributed by atoms with Crippen LogP contribution >= 0.6 is 0 Å². The second-order valence-corrected chi connectivity index (χ2v) is 6.71. The van der Waals surface area contributed by atoms with Gasteiger partial charge in [0.15, 0.2) is 0 Å². The molecule has 1 aliphatic rings. The van der Waals surface area contributed by atoms with Crippen molar-refractivity contribution in [2.45, 2.75) is 38.3 Å². The fraction of sp³-hybridized carbons (Fsp3) is 0.381. The van der Waals surface area contributed by atoms with Gasteiger partial charge in [0.2, 0.25) is 5.91 Å². The number of halogens is 1. The van der Waals surface area contributed by atoms with Gasteiger partial charge >= 0.3 is 0 Å². The molecule has 1 aliphatic heterocycles. The minimum atomic E-state index is -0.215. The van der Waals surface area contributed by atoms with E-state index in [4.69, 9.17) is 0 Å². The number of nitrogens with zero attached hydrogens (tertiary/aromatic N) is 1. The number of rotatable bonds is 5. The quantitative estimate of drug-likeness (QED) is 0.887. The Morgan fingerprint density at radius 1 is 1.20 bits per heavy atom. The first-order valence-electron chi connectivity index (χ1n) is 8.96. The average Bonchev–Trinajstić information content (AvgIpc) is 3.12. The number of hydrogen-bond acceptors (Lipinski definition) is 2. The summed E-state index contributed by atoms with van der Waals surface area (Å²) in [6.07, 6.45) is 2.71. The third-order valence-corrected chi connectivity index (χ3v) is 4.85. The molecule has 0 aliphatic carbocycles. The van der Waals surface area contributed by atoms with E-state index in [1.165, 1.54) is 6.07 Å². The molecule has 1 heterocycles. The summed E-state index contributed by atoms with van der Waals surface area (Å²) >= 11 is 0. The number of likely N-dealkylation sites (N-methyl/N-ethyl adjacent to an activating group) is 1. The highest BCUT2D eigenvalue weighted by Crippen LogP contribution is 2.31. The van der Waals surface area contributed by atoms with Gasteiger partial charge in [-0.05, 0) is 42.5 Å². The predicted octanol–water partition coefficient (Wildman–Crippen LogP) is 4.15. The molecular weight excluding hydrogens is 315 g/mol. The molecule has 1 amide bonds. The molecule has 0 spiro atoms. The second-order valence-electron chi connectivity index (χ2n) is 6.71. The zero-order valence-electron chi connectivity index (χ0n) is 14.8. The Kier molecular flexibility index (Phi) is 5.49. The zero-order chi connectivity index (χ0) is 17.8. The third kappa shape index (κ3) is 3.90. The Hall–Kier alpha value is -2.20. The van der Waals surface area contributed by atoms with E-state index in [-0.39, 0.29) is 23.8 Å². The zero-order valence-corrected chi connectivity index (χ0v) is 14.8. The van der Waals surface area contributed by atoms with Crippen LogP contribution in [0.3, 0.4) is 0 Å². The molecular formula is C21H25FN2O. The standard InChI is InChI=1S/C21H25FN2O/c1-3-13-24(2)21(25)20-12-11-19(23-20)16-8-6-7-15(14-16)17-9-4-5-10-18(17)22/h4-10,14,19-20,23H,3,11-13H2,1-2H3. The number of hydrogen-bond donors (Lipinski definition) is 1. The maximum atomic E-state index is 14.0.